The Morgan fingerprint density at radius 3 is 2.39 bits per heavy atom. The second-order valence-corrected chi connectivity index (χ2v) is 4.41. The van der Waals surface area contributed by atoms with Gasteiger partial charge in [-0.2, -0.15) is 5.26 Å². The number of anilines is 2. The van der Waals surface area contributed by atoms with Gasteiger partial charge in [0.2, 0.25) is 0 Å². The van der Waals surface area contributed by atoms with Crippen LogP contribution in [0.4, 0.5) is 20.2 Å². The van der Waals surface area contributed by atoms with Crippen LogP contribution in [-0.2, 0) is 0 Å². The van der Waals surface area contributed by atoms with Crippen LogP contribution in [0, 0.1) is 23.0 Å². The maximum absolute atomic E-state index is 13.6. The van der Waals surface area contributed by atoms with Gasteiger partial charge in [0.1, 0.15) is 11.6 Å². The highest BCUT2D eigenvalue weighted by atomic mass is 79.9. The van der Waals surface area contributed by atoms with Crippen molar-refractivity contribution in [2.75, 3.05) is 5.32 Å². The van der Waals surface area contributed by atoms with Crippen LogP contribution in [0.3, 0.4) is 0 Å². The quantitative estimate of drug-likeness (QED) is 0.895. The van der Waals surface area contributed by atoms with Crippen molar-refractivity contribution in [1.29, 1.82) is 5.26 Å². The van der Waals surface area contributed by atoms with E-state index in [-0.39, 0.29) is 17.1 Å². The number of nitrogens with one attached hydrogen (secondary N) is 1. The van der Waals surface area contributed by atoms with Gasteiger partial charge in [-0.25, -0.2) is 8.78 Å². The van der Waals surface area contributed by atoms with Gasteiger partial charge in [-0.3, -0.25) is 0 Å². The molecule has 1 N–H and O–H groups in total. The molecule has 0 spiro atoms. The van der Waals surface area contributed by atoms with E-state index in [9.17, 15) is 8.78 Å². The molecule has 0 saturated carbocycles. The van der Waals surface area contributed by atoms with E-state index < -0.39 is 5.82 Å². The first kappa shape index (κ1) is 12.5. The molecule has 18 heavy (non-hydrogen) atoms. The second kappa shape index (κ2) is 5.15. The molecule has 90 valence electrons. The molecule has 0 heterocycles. The van der Waals surface area contributed by atoms with Crippen molar-refractivity contribution in [2.24, 2.45) is 0 Å². The van der Waals surface area contributed by atoms with Crippen LogP contribution < -0.4 is 5.32 Å². The molecule has 0 bridgehead atoms. The SMILES string of the molecule is N#Cc1ccc(Nc2ccc(F)cc2Br)c(F)c1. The molecule has 0 aliphatic rings. The Hall–Kier alpha value is -1.93. The van der Waals surface area contributed by atoms with Crippen molar-refractivity contribution < 1.29 is 8.78 Å². The smallest absolute Gasteiger partial charge is 0.147 e. The molecule has 2 aromatic rings. The van der Waals surface area contributed by atoms with E-state index in [4.69, 9.17) is 5.26 Å². The summed E-state index contributed by atoms with van der Waals surface area (Å²) in [7, 11) is 0. The molecule has 0 radical (unpaired) electrons. The van der Waals surface area contributed by atoms with Crippen molar-refractivity contribution in [1.82, 2.24) is 0 Å². The average Bonchev–Trinajstić information content (AvgIpc) is 2.34. The maximum Gasteiger partial charge on any atom is 0.147 e. The zero-order valence-electron chi connectivity index (χ0n) is 9.05. The Bertz CT molecular complexity index is 635. The molecule has 0 aliphatic carbocycles. The lowest BCUT2D eigenvalue weighted by Crippen LogP contribution is -1.95. The molecule has 0 saturated heterocycles. The largest absolute Gasteiger partial charge is 0.352 e. The zero-order valence-corrected chi connectivity index (χ0v) is 10.6. The fourth-order valence-electron chi connectivity index (χ4n) is 1.42. The van der Waals surface area contributed by atoms with Crippen LogP contribution in [0.5, 0.6) is 0 Å². The van der Waals surface area contributed by atoms with Gasteiger partial charge >= 0.3 is 0 Å². The van der Waals surface area contributed by atoms with Crippen LogP contribution in [0.1, 0.15) is 5.56 Å². The van der Waals surface area contributed by atoms with Crippen molar-refractivity contribution in [2.45, 2.75) is 0 Å². The third-order valence-electron chi connectivity index (χ3n) is 2.30. The molecule has 2 aromatic carbocycles. The van der Waals surface area contributed by atoms with Crippen molar-refractivity contribution in [3.8, 4) is 6.07 Å². The van der Waals surface area contributed by atoms with E-state index in [2.05, 4.69) is 21.2 Å². The Morgan fingerprint density at radius 1 is 1.06 bits per heavy atom. The minimum absolute atomic E-state index is 0.223. The summed E-state index contributed by atoms with van der Waals surface area (Å²) >= 11 is 3.18. The normalized spacial score (nSPS) is 9.89. The summed E-state index contributed by atoms with van der Waals surface area (Å²) < 4.78 is 27.0. The maximum atomic E-state index is 13.6. The second-order valence-electron chi connectivity index (χ2n) is 3.56. The minimum Gasteiger partial charge on any atom is -0.352 e. The van der Waals surface area contributed by atoms with Gasteiger partial charge in [0, 0.05) is 4.47 Å². The van der Waals surface area contributed by atoms with E-state index in [0.717, 1.165) is 6.07 Å². The molecule has 0 aliphatic heterocycles. The van der Waals surface area contributed by atoms with Gasteiger partial charge in [-0.1, -0.05) is 0 Å². The van der Waals surface area contributed by atoms with Crippen LogP contribution in [0.15, 0.2) is 40.9 Å². The number of halogens is 3. The van der Waals surface area contributed by atoms with Gasteiger partial charge < -0.3 is 5.32 Å². The van der Waals surface area contributed by atoms with Crippen LogP contribution in [0.25, 0.3) is 0 Å². The first-order chi connectivity index (χ1) is 8.60. The summed E-state index contributed by atoms with van der Waals surface area (Å²) in [4.78, 5) is 0. The number of hydrogen-bond acceptors (Lipinski definition) is 2. The highest BCUT2D eigenvalue weighted by Gasteiger charge is 2.06. The van der Waals surface area contributed by atoms with Gasteiger partial charge in [0.05, 0.1) is 23.0 Å². The first-order valence-electron chi connectivity index (χ1n) is 5.02. The molecule has 2 rings (SSSR count). The summed E-state index contributed by atoms with van der Waals surface area (Å²) in [6.07, 6.45) is 0. The number of hydrogen-bond donors (Lipinski definition) is 1. The zero-order chi connectivity index (χ0) is 13.1. The fraction of sp³-hybridized carbons (Fsp3) is 0. The summed E-state index contributed by atoms with van der Waals surface area (Å²) in [6.45, 7) is 0. The molecule has 0 fully saturated rings. The molecular weight excluding hydrogens is 302 g/mol. The van der Waals surface area contributed by atoms with E-state index in [0.29, 0.717) is 10.2 Å². The lowest BCUT2D eigenvalue weighted by atomic mass is 10.2. The van der Waals surface area contributed by atoms with Crippen molar-refractivity contribution in [3.63, 3.8) is 0 Å². The molecule has 0 aromatic heterocycles. The third kappa shape index (κ3) is 2.66. The predicted octanol–water partition coefficient (Wildman–Crippen LogP) is 4.34. The molecule has 0 amide bonds. The van der Waals surface area contributed by atoms with Gasteiger partial charge in [0.15, 0.2) is 0 Å². The van der Waals surface area contributed by atoms with E-state index in [1.165, 1.54) is 30.3 Å². The summed E-state index contributed by atoms with van der Waals surface area (Å²) in [5, 5.41) is 11.5. The van der Waals surface area contributed by atoms with E-state index in [1.807, 2.05) is 6.07 Å². The van der Waals surface area contributed by atoms with Crippen LogP contribution in [0.2, 0.25) is 0 Å². The fourth-order valence-corrected chi connectivity index (χ4v) is 1.87. The average molecular weight is 309 g/mol. The van der Waals surface area contributed by atoms with Gasteiger partial charge in [-0.05, 0) is 52.3 Å². The van der Waals surface area contributed by atoms with Crippen molar-refractivity contribution in [3.05, 3.63) is 58.1 Å². The van der Waals surface area contributed by atoms with Crippen LogP contribution in [-0.4, -0.2) is 0 Å². The highest BCUT2D eigenvalue weighted by Crippen LogP contribution is 2.28. The van der Waals surface area contributed by atoms with E-state index in [1.54, 1.807) is 0 Å². The molecule has 0 atom stereocenters. The number of nitriles is 1. The first-order valence-corrected chi connectivity index (χ1v) is 5.81. The highest BCUT2D eigenvalue weighted by molar-refractivity contribution is 9.10. The topological polar surface area (TPSA) is 35.8 Å². The summed E-state index contributed by atoms with van der Waals surface area (Å²) in [5.74, 6) is -0.919. The molecular formula is C13H7BrF2N2. The van der Waals surface area contributed by atoms with Gasteiger partial charge in [-0.15, -0.1) is 0 Å². The third-order valence-corrected chi connectivity index (χ3v) is 2.95. The lowest BCUT2D eigenvalue weighted by molar-refractivity contribution is 0.627. The van der Waals surface area contributed by atoms with E-state index >= 15 is 0 Å². The molecule has 0 unspecified atom stereocenters. The van der Waals surface area contributed by atoms with Crippen molar-refractivity contribution >= 4 is 27.3 Å². The predicted molar refractivity (Wildman–Crippen MR) is 68.5 cm³/mol. The number of rotatable bonds is 2. The number of benzene rings is 2. The Balaban J connectivity index is 2.32. The lowest BCUT2D eigenvalue weighted by Gasteiger charge is -2.09. The molecule has 5 heteroatoms. The summed E-state index contributed by atoms with van der Waals surface area (Å²) in [5.41, 5.74) is 1.01. The molecule has 2 nitrogen and oxygen atoms in total. The Kier molecular flexibility index (Phi) is 3.58. The standard InChI is InChI=1S/C13H7BrF2N2/c14-10-6-9(15)2-4-12(10)18-13-3-1-8(7-17)5-11(13)16/h1-6,18H. The van der Waals surface area contributed by atoms with Gasteiger partial charge in [0.25, 0.3) is 0 Å². The van der Waals surface area contributed by atoms with Crippen LogP contribution >= 0.6 is 15.9 Å². The minimum atomic E-state index is -0.537. The Labute approximate surface area is 111 Å². The monoisotopic (exact) mass is 308 g/mol. The Morgan fingerprint density at radius 2 is 1.78 bits per heavy atom. The number of nitrogens with zero attached hydrogens (tertiary/aromatic N) is 1. The summed E-state index contributed by atoms with van der Waals surface area (Å²) in [6, 6.07) is 10.0.